The molecule has 2 aliphatic carbocycles. The van der Waals surface area contributed by atoms with Crippen LogP contribution in [0.4, 0.5) is 0 Å². The van der Waals surface area contributed by atoms with E-state index in [1.807, 2.05) is 18.2 Å². The quantitative estimate of drug-likeness (QED) is 0.722. The van der Waals surface area contributed by atoms with Crippen molar-refractivity contribution in [1.82, 2.24) is 20.3 Å². The largest absolute Gasteiger partial charge is 0.396 e. The third-order valence-corrected chi connectivity index (χ3v) is 6.15. The molecule has 0 saturated heterocycles. The van der Waals surface area contributed by atoms with Gasteiger partial charge in [0.25, 0.3) is 0 Å². The van der Waals surface area contributed by atoms with Gasteiger partial charge in [-0.15, -0.1) is 0 Å². The Morgan fingerprint density at radius 3 is 2.70 bits per heavy atom. The highest BCUT2D eigenvalue weighted by atomic mass is 16.3. The maximum absolute atomic E-state index is 10.5. The van der Waals surface area contributed by atoms with E-state index >= 15 is 0 Å². The first-order valence-electron chi connectivity index (χ1n) is 10.0. The molecule has 0 spiro atoms. The topological polar surface area (TPSA) is 91.2 Å². The normalized spacial score (nSPS) is 28.7. The van der Waals surface area contributed by atoms with E-state index < -0.39 is 6.10 Å². The van der Waals surface area contributed by atoms with Crippen molar-refractivity contribution in [2.45, 2.75) is 56.7 Å². The molecule has 2 aromatic heterocycles. The molecule has 144 valence electrons. The molecule has 3 N–H and O–H groups in total. The van der Waals surface area contributed by atoms with Crippen LogP contribution in [0.1, 0.15) is 37.8 Å². The summed E-state index contributed by atoms with van der Waals surface area (Å²) in [6, 6.07) is 6.52. The molecule has 4 atom stereocenters. The van der Waals surface area contributed by atoms with E-state index in [0.717, 1.165) is 17.7 Å². The fourth-order valence-corrected chi connectivity index (χ4v) is 4.72. The molecule has 2 aromatic rings. The minimum Gasteiger partial charge on any atom is -0.396 e. The van der Waals surface area contributed by atoms with Crippen molar-refractivity contribution in [2.75, 3.05) is 6.61 Å². The number of rotatable bonds is 6. The van der Waals surface area contributed by atoms with E-state index in [9.17, 15) is 10.2 Å². The van der Waals surface area contributed by atoms with Crippen LogP contribution >= 0.6 is 0 Å². The zero-order valence-corrected chi connectivity index (χ0v) is 15.5. The lowest BCUT2D eigenvalue weighted by Gasteiger charge is -2.27. The summed E-state index contributed by atoms with van der Waals surface area (Å²) in [7, 11) is 0. The summed E-state index contributed by atoms with van der Waals surface area (Å²) in [6.07, 6.45) is 11.2. The average Bonchev–Trinajstić information content (AvgIpc) is 3.31. The molecule has 2 fully saturated rings. The van der Waals surface area contributed by atoms with Gasteiger partial charge in [-0.05, 0) is 49.8 Å². The Morgan fingerprint density at radius 1 is 1.11 bits per heavy atom. The maximum atomic E-state index is 10.5. The summed E-state index contributed by atoms with van der Waals surface area (Å²) in [6.45, 7) is 0.00915. The molecule has 6 heteroatoms. The molecular weight excluding hydrogens is 340 g/mol. The third kappa shape index (κ3) is 4.18. The number of hydrogen-bond acceptors (Lipinski definition) is 6. The number of nitrogens with one attached hydrogen (secondary N) is 1. The number of pyridine rings is 1. The van der Waals surface area contributed by atoms with Crippen molar-refractivity contribution in [1.29, 1.82) is 0 Å². The molecule has 6 nitrogen and oxygen atoms in total. The van der Waals surface area contributed by atoms with E-state index in [4.69, 9.17) is 4.98 Å². The standard InChI is InChI=1S/C21H28N4O2/c26-13-18-17(19(11-20(18)27)24-15-5-1-2-6-15)10-16-7-9-23-21(25-16)14-4-3-8-22-12-14/h3-4,7-9,12,15,17-20,24,26-27H,1-2,5-6,10-11,13H2/t17-,18-,19-,20-/m1/s1. The molecule has 4 rings (SSSR count). The Morgan fingerprint density at radius 2 is 1.96 bits per heavy atom. The Balaban J connectivity index is 1.53. The lowest BCUT2D eigenvalue weighted by molar-refractivity contribution is 0.0715. The third-order valence-electron chi connectivity index (χ3n) is 6.15. The zero-order chi connectivity index (χ0) is 18.6. The van der Waals surface area contributed by atoms with E-state index in [1.165, 1.54) is 25.7 Å². The van der Waals surface area contributed by atoms with Crippen LogP contribution in [0.25, 0.3) is 11.4 Å². The van der Waals surface area contributed by atoms with Gasteiger partial charge in [0.15, 0.2) is 5.82 Å². The number of aliphatic hydroxyl groups excluding tert-OH is 2. The van der Waals surface area contributed by atoms with Crippen LogP contribution < -0.4 is 5.32 Å². The maximum Gasteiger partial charge on any atom is 0.160 e. The van der Waals surface area contributed by atoms with Gasteiger partial charge in [-0.25, -0.2) is 9.97 Å². The minimum absolute atomic E-state index is 0.00915. The molecule has 0 bridgehead atoms. The van der Waals surface area contributed by atoms with Crippen molar-refractivity contribution in [2.24, 2.45) is 11.8 Å². The second kappa shape index (κ2) is 8.42. The molecular formula is C21H28N4O2. The van der Waals surface area contributed by atoms with Crippen molar-refractivity contribution >= 4 is 0 Å². The van der Waals surface area contributed by atoms with Crippen molar-refractivity contribution in [3.63, 3.8) is 0 Å². The van der Waals surface area contributed by atoms with Gasteiger partial charge in [0.1, 0.15) is 0 Å². The van der Waals surface area contributed by atoms with Crippen LogP contribution in [0.3, 0.4) is 0 Å². The van der Waals surface area contributed by atoms with Crippen molar-refractivity contribution in [3.8, 4) is 11.4 Å². The number of hydrogen-bond donors (Lipinski definition) is 3. The van der Waals surface area contributed by atoms with E-state index in [0.29, 0.717) is 18.3 Å². The molecule has 2 aliphatic rings. The van der Waals surface area contributed by atoms with Crippen molar-refractivity contribution < 1.29 is 10.2 Å². The monoisotopic (exact) mass is 368 g/mol. The highest BCUT2D eigenvalue weighted by Crippen LogP contribution is 2.36. The van der Waals surface area contributed by atoms with E-state index in [-0.39, 0.29) is 24.5 Å². The first kappa shape index (κ1) is 18.5. The fourth-order valence-electron chi connectivity index (χ4n) is 4.72. The first-order valence-corrected chi connectivity index (χ1v) is 10.0. The Kier molecular flexibility index (Phi) is 5.76. The lowest BCUT2D eigenvalue weighted by Crippen LogP contribution is -2.41. The predicted octanol–water partition coefficient (Wildman–Crippen LogP) is 1.97. The number of aromatic nitrogens is 3. The molecule has 0 aliphatic heterocycles. The summed E-state index contributed by atoms with van der Waals surface area (Å²) in [5, 5.41) is 24.1. The highest BCUT2D eigenvalue weighted by Gasteiger charge is 2.43. The smallest absolute Gasteiger partial charge is 0.160 e. The van der Waals surface area contributed by atoms with Gasteiger partial charge < -0.3 is 15.5 Å². The Bertz CT molecular complexity index is 736. The molecule has 0 radical (unpaired) electrons. The summed E-state index contributed by atoms with van der Waals surface area (Å²) in [5.41, 5.74) is 1.84. The fraction of sp³-hybridized carbons (Fsp3) is 0.571. The van der Waals surface area contributed by atoms with Crippen LogP contribution in [0.5, 0.6) is 0 Å². The SMILES string of the molecule is OC[C@@H]1[C@@H](Cc2ccnc(-c3cccnc3)n2)[C@H](NC2CCCC2)C[C@H]1O. The number of aliphatic hydroxyl groups is 2. The molecule has 2 saturated carbocycles. The van der Waals surface area contributed by atoms with Gasteiger partial charge in [-0.3, -0.25) is 4.98 Å². The molecule has 2 heterocycles. The lowest BCUT2D eigenvalue weighted by atomic mass is 9.88. The van der Waals surface area contributed by atoms with Crippen molar-refractivity contribution in [3.05, 3.63) is 42.5 Å². The van der Waals surface area contributed by atoms with E-state index in [2.05, 4.69) is 15.3 Å². The predicted molar refractivity (Wildman–Crippen MR) is 103 cm³/mol. The zero-order valence-electron chi connectivity index (χ0n) is 15.5. The van der Waals surface area contributed by atoms with Gasteiger partial charge in [0.2, 0.25) is 0 Å². The summed E-state index contributed by atoms with van der Waals surface area (Å²) >= 11 is 0. The average molecular weight is 368 g/mol. The molecule has 0 amide bonds. The van der Waals surface area contributed by atoms with Gasteiger partial charge in [0, 0.05) is 54.5 Å². The molecule has 0 aromatic carbocycles. The number of nitrogens with zero attached hydrogens (tertiary/aromatic N) is 3. The van der Waals surface area contributed by atoms with Gasteiger partial charge in [-0.2, -0.15) is 0 Å². The van der Waals surface area contributed by atoms with Gasteiger partial charge in [0.05, 0.1) is 6.10 Å². The second-order valence-electron chi connectivity index (χ2n) is 7.89. The summed E-state index contributed by atoms with van der Waals surface area (Å²) in [5.74, 6) is 0.725. The van der Waals surface area contributed by atoms with E-state index in [1.54, 1.807) is 18.6 Å². The Labute approximate surface area is 160 Å². The summed E-state index contributed by atoms with van der Waals surface area (Å²) < 4.78 is 0. The van der Waals surface area contributed by atoms with Crippen LogP contribution in [-0.2, 0) is 6.42 Å². The van der Waals surface area contributed by atoms with Gasteiger partial charge >= 0.3 is 0 Å². The Hall–Kier alpha value is -1.89. The highest BCUT2D eigenvalue weighted by molar-refractivity contribution is 5.52. The minimum atomic E-state index is -0.460. The summed E-state index contributed by atoms with van der Waals surface area (Å²) in [4.78, 5) is 13.2. The molecule has 0 unspecified atom stereocenters. The van der Waals surface area contributed by atoms with Crippen LogP contribution in [0.15, 0.2) is 36.8 Å². The van der Waals surface area contributed by atoms with Crippen LogP contribution in [0.2, 0.25) is 0 Å². The van der Waals surface area contributed by atoms with Crippen LogP contribution in [0, 0.1) is 11.8 Å². The first-order chi connectivity index (χ1) is 13.2. The van der Waals surface area contributed by atoms with Gasteiger partial charge in [-0.1, -0.05) is 12.8 Å². The molecule has 27 heavy (non-hydrogen) atoms. The second-order valence-corrected chi connectivity index (χ2v) is 7.89. The van der Waals surface area contributed by atoms with Crippen LogP contribution in [-0.4, -0.2) is 50.0 Å².